The number of piperidine rings is 1. The molecule has 0 radical (unpaired) electrons. The topological polar surface area (TPSA) is 69.9 Å². The van der Waals surface area contributed by atoms with Crippen LogP contribution in [0.2, 0.25) is 0 Å². The van der Waals surface area contributed by atoms with Crippen LogP contribution in [0.4, 0.5) is 0 Å². The first-order valence-corrected chi connectivity index (χ1v) is 9.72. The summed E-state index contributed by atoms with van der Waals surface area (Å²) in [6.07, 6.45) is 3.00. The van der Waals surface area contributed by atoms with Crippen molar-refractivity contribution in [2.24, 2.45) is 11.7 Å². The van der Waals surface area contributed by atoms with Gasteiger partial charge in [-0.25, -0.2) is 0 Å². The lowest BCUT2D eigenvalue weighted by Gasteiger charge is -2.36. The number of hydrogen-bond donors (Lipinski definition) is 1. The quantitative estimate of drug-likeness (QED) is 0.799. The lowest BCUT2D eigenvalue weighted by Crippen LogP contribution is -2.54. The van der Waals surface area contributed by atoms with E-state index in [0.29, 0.717) is 38.6 Å². The molecule has 2 fully saturated rings. The third-order valence-corrected chi connectivity index (χ3v) is 5.56. The maximum atomic E-state index is 12.6. The van der Waals surface area contributed by atoms with E-state index in [1.807, 2.05) is 6.07 Å². The highest BCUT2D eigenvalue weighted by atomic mass is 16.2. The maximum Gasteiger partial charge on any atom is 0.312 e. The van der Waals surface area contributed by atoms with Crippen LogP contribution in [0.5, 0.6) is 0 Å². The molecule has 1 aromatic rings. The Balaban J connectivity index is 1.44. The lowest BCUT2D eigenvalue weighted by atomic mass is 9.90. The van der Waals surface area contributed by atoms with Gasteiger partial charge in [-0.3, -0.25) is 14.5 Å². The summed E-state index contributed by atoms with van der Waals surface area (Å²) in [7, 11) is 0. The Kier molecular flexibility index (Phi) is 6.63. The number of amides is 2. The van der Waals surface area contributed by atoms with Gasteiger partial charge >= 0.3 is 11.8 Å². The van der Waals surface area contributed by atoms with Crippen LogP contribution in [0, 0.1) is 5.92 Å². The summed E-state index contributed by atoms with van der Waals surface area (Å²) in [6.45, 7) is 5.70. The van der Waals surface area contributed by atoms with E-state index in [1.165, 1.54) is 5.56 Å². The van der Waals surface area contributed by atoms with Crippen molar-refractivity contribution in [3.63, 3.8) is 0 Å². The van der Waals surface area contributed by atoms with Gasteiger partial charge in [0.05, 0.1) is 0 Å². The molecule has 0 atom stereocenters. The first kappa shape index (κ1) is 18.9. The Bertz CT molecular complexity index is 591. The molecule has 2 amide bonds. The first-order valence-electron chi connectivity index (χ1n) is 9.72. The number of benzene rings is 1. The molecular weight excluding hydrogens is 328 g/mol. The van der Waals surface area contributed by atoms with Crippen LogP contribution in [-0.2, 0) is 16.0 Å². The number of rotatable bonds is 4. The standard InChI is InChI=1S/C20H30N4O2/c21-8-11-22-12-14-24(15-13-22)20(26)19(25)23-9-6-18(7-10-23)16-17-4-2-1-3-5-17/h1-5,18H,6-16,21H2. The van der Waals surface area contributed by atoms with Crippen molar-refractivity contribution in [1.82, 2.24) is 14.7 Å². The van der Waals surface area contributed by atoms with E-state index >= 15 is 0 Å². The van der Waals surface area contributed by atoms with Crippen LogP contribution in [-0.4, -0.2) is 78.9 Å². The highest BCUT2D eigenvalue weighted by molar-refractivity contribution is 6.34. The van der Waals surface area contributed by atoms with Gasteiger partial charge < -0.3 is 15.5 Å². The number of piperazine rings is 1. The zero-order valence-electron chi connectivity index (χ0n) is 15.5. The maximum absolute atomic E-state index is 12.6. The van der Waals surface area contributed by atoms with E-state index in [2.05, 4.69) is 29.2 Å². The zero-order chi connectivity index (χ0) is 18.4. The van der Waals surface area contributed by atoms with Crippen molar-refractivity contribution in [2.45, 2.75) is 19.3 Å². The van der Waals surface area contributed by atoms with Crippen molar-refractivity contribution in [1.29, 1.82) is 0 Å². The average Bonchev–Trinajstić information content (AvgIpc) is 2.69. The minimum atomic E-state index is -0.334. The molecule has 26 heavy (non-hydrogen) atoms. The van der Waals surface area contributed by atoms with E-state index in [4.69, 9.17) is 5.73 Å². The predicted molar refractivity (Wildman–Crippen MR) is 102 cm³/mol. The van der Waals surface area contributed by atoms with Gasteiger partial charge in [-0.2, -0.15) is 0 Å². The summed E-state index contributed by atoms with van der Waals surface area (Å²) in [5.41, 5.74) is 6.93. The Labute approximate surface area is 155 Å². The molecular formula is C20H30N4O2. The van der Waals surface area contributed by atoms with Gasteiger partial charge in [0.2, 0.25) is 0 Å². The predicted octanol–water partition coefficient (Wildman–Crippen LogP) is 0.571. The van der Waals surface area contributed by atoms with Crippen LogP contribution >= 0.6 is 0 Å². The molecule has 3 rings (SSSR count). The molecule has 0 aliphatic carbocycles. The number of hydrogen-bond acceptors (Lipinski definition) is 4. The Hall–Kier alpha value is -1.92. The molecule has 2 aliphatic heterocycles. The van der Waals surface area contributed by atoms with Gasteiger partial charge in [-0.15, -0.1) is 0 Å². The van der Waals surface area contributed by atoms with Crippen LogP contribution < -0.4 is 5.73 Å². The Morgan fingerprint density at radius 2 is 1.46 bits per heavy atom. The van der Waals surface area contributed by atoms with Crippen LogP contribution in [0.3, 0.4) is 0 Å². The highest BCUT2D eigenvalue weighted by Gasteiger charge is 2.31. The fourth-order valence-corrected chi connectivity index (χ4v) is 3.92. The van der Waals surface area contributed by atoms with Gasteiger partial charge in [-0.05, 0) is 30.7 Å². The molecule has 0 spiro atoms. The summed E-state index contributed by atoms with van der Waals surface area (Å²) in [6, 6.07) is 10.5. The summed E-state index contributed by atoms with van der Waals surface area (Å²) in [5.74, 6) is -0.0642. The molecule has 0 aromatic heterocycles. The minimum Gasteiger partial charge on any atom is -0.334 e. The van der Waals surface area contributed by atoms with Crippen LogP contribution in [0.25, 0.3) is 0 Å². The summed E-state index contributed by atoms with van der Waals surface area (Å²) >= 11 is 0. The molecule has 1 aromatic carbocycles. The number of nitrogens with zero attached hydrogens (tertiary/aromatic N) is 3. The lowest BCUT2D eigenvalue weighted by molar-refractivity contribution is -0.153. The van der Waals surface area contributed by atoms with Crippen molar-refractivity contribution < 1.29 is 9.59 Å². The van der Waals surface area contributed by atoms with Crippen molar-refractivity contribution >= 4 is 11.8 Å². The molecule has 0 unspecified atom stereocenters. The summed E-state index contributed by atoms with van der Waals surface area (Å²) in [5, 5.41) is 0. The van der Waals surface area contributed by atoms with E-state index in [-0.39, 0.29) is 11.8 Å². The smallest absolute Gasteiger partial charge is 0.312 e. The van der Waals surface area contributed by atoms with E-state index in [9.17, 15) is 9.59 Å². The molecule has 142 valence electrons. The second-order valence-electron chi connectivity index (χ2n) is 7.35. The average molecular weight is 358 g/mol. The monoisotopic (exact) mass is 358 g/mol. The van der Waals surface area contributed by atoms with Gasteiger partial charge in [-0.1, -0.05) is 30.3 Å². The Morgan fingerprint density at radius 3 is 2.04 bits per heavy atom. The first-order chi connectivity index (χ1) is 12.7. The third kappa shape index (κ3) is 4.83. The number of nitrogens with two attached hydrogens (primary N) is 1. The molecule has 2 saturated heterocycles. The fourth-order valence-electron chi connectivity index (χ4n) is 3.92. The molecule has 6 heteroatoms. The SMILES string of the molecule is NCCN1CCN(C(=O)C(=O)N2CCC(Cc3ccccc3)CC2)CC1. The van der Waals surface area contributed by atoms with E-state index < -0.39 is 0 Å². The second kappa shape index (κ2) is 9.14. The fraction of sp³-hybridized carbons (Fsp3) is 0.600. The molecule has 0 bridgehead atoms. The summed E-state index contributed by atoms with van der Waals surface area (Å²) < 4.78 is 0. The number of likely N-dealkylation sites (tertiary alicyclic amines) is 1. The largest absolute Gasteiger partial charge is 0.334 e. The van der Waals surface area contributed by atoms with Gasteiger partial charge in [0.1, 0.15) is 0 Å². The Morgan fingerprint density at radius 1 is 0.885 bits per heavy atom. The minimum absolute atomic E-state index is 0.324. The molecule has 0 saturated carbocycles. The van der Waals surface area contributed by atoms with E-state index in [1.54, 1.807) is 9.80 Å². The van der Waals surface area contributed by atoms with Crippen molar-refractivity contribution in [3.8, 4) is 0 Å². The summed E-state index contributed by atoms with van der Waals surface area (Å²) in [4.78, 5) is 30.8. The van der Waals surface area contributed by atoms with Crippen LogP contribution in [0.15, 0.2) is 30.3 Å². The number of carbonyl (C=O) groups is 2. The van der Waals surface area contributed by atoms with Crippen LogP contribution in [0.1, 0.15) is 18.4 Å². The number of carbonyl (C=O) groups excluding carboxylic acids is 2. The van der Waals surface area contributed by atoms with Gasteiger partial charge in [0, 0.05) is 52.4 Å². The third-order valence-electron chi connectivity index (χ3n) is 5.56. The van der Waals surface area contributed by atoms with Crippen molar-refractivity contribution in [2.75, 3.05) is 52.4 Å². The molecule has 6 nitrogen and oxygen atoms in total. The normalized spacial score (nSPS) is 19.6. The molecule has 2 N–H and O–H groups in total. The zero-order valence-corrected chi connectivity index (χ0v) is 15.5. The second-order valence-corrected chi connectivity index (χ2v) is 7.35. The van der Waals surface area contributed by atoms with Gasteiger partial charge in [0.15, 0.2) is 0 Å². The highest BCUT2D eigenvalue weighted by Crippen LogP contribution is 2.22. The van der Waals surface area contributed by atoms with Gasteiger partial charge in [0.25, 0.3) is 0 Å². The van der Waals surface area contributed by atoms with E-state index in [0.717, 1.165) is 38.9 Å². The molecule has 2 heterocycles. The van der Waals surface area contributed by atoms with Crippen molar-refractivity contribution in [3.05, 3.63) is 35.9 Å². The molecule has 2 aliphatic rings.